The van der Waals surface area contributed by atoms with Gasteiger partial charge in [0.05, 0.1) is 0 Å². The molecule has 100 valence electrons. The van der Waals surface area contributed by atoms with Crippen LogP contribution in [0.2, 0.25) is 0 Å². The molecular formula is C15H30N2. The number of hydrogen-bond donors (Lipinski definition) is 2. The summed E-state index contributed by atoms with van der Waals surface area (Å²) in [7, 11) is 0. The van der Waals surface area contributed by atoms with Gasteiger partial charge in [0.25, 0.3) is 0 Å². The zero-order valence-corrected chi connectivity index (χ0v) is 11.7. The van der Waals surface area contributed by atoms with E-state index in [0.717, 1.165) is 18.0 Å². The highest BCUT2D eigenvalue weighted by molar-refractivity contribution is 4.93. The molecule has 1 saturated heterocycles. The molecule has 0 radical (unpaired) electrons. The Morgan fingerprint density at radius 2 is 2.12 bits per heavy atom. The summed E-state index contributed by atoms with van der Waals surface area (Å²) in [5, 5.41) is 7.55. The van der Waals surface area contributed by atoms with Gasteiger partial charge in [0.15, 0.2) is 0 Å². The fraction of sp³-hybridized carbons (Fsp3) is 1.00. The van der Waals surface area contributed by atoms with Gasteiger partial charge in [-0.3, -0.25) is 0 Å². The van der Waals surface area contributed by atoms with Gasteiger partial charge in [-0.2, -0.15) is 0 Å². The van der Waals surface area contributed by atoms with Crippen molar-refractivity contribution in [3.63, 3.8) is 0 Å². The van der Waals surface area contributed by atoms with Crippen LogP contribution in [0.3, 0.4) is 0 Å². The van der Waals surface area contributed by atoms with E-state index in [-0.39, 0.29) is 0 Å². The maximum Gasteiger partial charge on any atom is 0.0198 e. The molecule has 1 aliphatic carbocycles. The van der Waals surface area contributed by atoms with E-state index < -0.39 is 0 Å². The quantitative estimate of drug-likeness (QED) is 0.743. The molecule has 1 aliphatic heterocycles. The van der Waals surface area contributed by atoms with E-state index >= 15 is 0 Å². The topological polar surface area (TPSA) is 24.1 Å². The molecule has 2 rings (SSSR count). The summed E-state index contributed by atoms with van der Waals surface area (Å²) in [6, 6.07) is 2.29. The Hall–Kier alpha value is -0.0800. The minimum atomic E-state index is 0.694. The second-order valence-corrected chi connectivity index (χ2v) is 6.20. The van der Waals surface area contributed by atoms with Crippen LogP contribution in [-0.4, -0.2) is 24.7 Å². The standard InChI is InChI=1S/C15H30N2/c1-3-4-7-12(2)16-11-14-10-13-8-5-6-9-15(13)17-14/h12-17H,3-11H2,1-2H3. The second-order valence-electron chi connectivity index (χ2n) is 6.20. The van der Waals surface area contributed by atoms with Crippen molar-refractivity contribution in [1.82, 2.24) is 10.6 Å². The third kappa shape index (κ3) is 3.96. The maximum absolute atomic E-state index is 3.84. The zero-order valence-electron chi connectivity index (χ0n) is 11.7. The molecule has 0 aromatic heterocycles. The fourth-order valence-electron chi connectivity index (χ4n) is 3.54. The van der Waals surface area contributed by atoms with Crippen LogP contribution in [0.5, 0.6) is 0 Å². The zero-order chi connectivity index (χ0) is 12.1. The minimum Gasteiger partial charge on any atom is -0.313 e. The van der Waals surface area contributed by atoms with Crippen molar-refractivity contribution in [1.29, 1.82) is 0 Å². The highest BCUT2D eigenvalue weighted by Gasteiger charge is 2.34. The summed E-state index contributed by atoms with van der Waals surface area (Å²) in [6.07, 6.45) is 11.2. The van der Waals surface area contributed by atoms with Crippen LogP contribution in [0.4, 0.5) is 0 Å². The van der Waals surface area contributed by atoms with E-state index in [1.165, 1.54) is 57.9 Å². The van der Waals surface area contributed by atoms with Gasteiger partial charge < -0.3 is 10.6 Å². The number of fused-ring (bicyclic) bond motifs is 1. The average Bonchev–Trinajstić information content (AvgIpc) is 2.76. The molecular weight excluding hydrogens is 208 g/mol. The molecule has 2 heteroatoms. The van der Waals surface area contributed by atoms with E-state index in [1.54, 1.807) is 0 Å². The Labute approximate surface area is 107 Å². The lowest BCUT2D eigenvalue weighted by molar-refractivity contribution is 0.325. The van der Waals surface area contributed by atoms with Crippen LogP contribution in [0.15, 0.2) is 0 Å². The molecule has 2 N–H and O–H groups in total. The van der Waals surface area contributed by atoms with E-state index in [1.807, 2.05) is 0 Å². The number of rotatable bonds is 6. The van der Waals surface area contributed by atoms with Crippen LogP contribution in [0, 0.1) is 5.92 Å². The molecule has 0 aromatic carbocycles. The van der Waals surface area contributed by atoms with Gasteiger partial charge in [-0.05, 0) is 38.5 Å². The largest absolute Gasteiger partial charge is 0.313 e. The van der Waals surface area contributed by atoms with E-state index in [0.29, 0.717) is 6.04 Å². The third-order valence-corrected chi connectivity index (χ3v) is 4.65. The SMILES string of the molecule is CCCCC(C)NCC1CC2CCCCC2N1. The second kappa shape index (κ2) is 6.75. The van der Waals surface area contributed by atoms with Crippen molar-refractivity contribution in [2.24, 2.45) is 5.92 Å². The summed E-state index contributed by atoms with van der Waals surface area (Å²) in [6.45, 7) is 5.78. The predicted octanol–water partition coefficient (Wildman–Crippen LogP) is 3.08. The molecule has 1 heterocycles. The first-order chi connectivity index (χ1) is 8.29. The summed E-state index contributed by atoms with van der Waals surface area (Å²) >= 11 is 0. The summed E-state index contributed by atoms with van der Waals surface area (Å²) < 4.78 is 0. The lowest BCUT2D eigenvalue weighted by Gasteiger charge is -2.24. The van der Waals surface area contributed by atoms with Crippen molar-refractivity contribution >= 4 is 0 Å². The van der Waals surface area contributed by atoms with E-state index in [2.05, 4.69) is 24.5 Å². The predicted molar refractivity (Wildman–Crippen MR) is 74.3 cm³/mol. The van der Waals surface area contributed by atoms with Crippen LogP contribution >= 0.6 is 0 Å². The Morgan fingerprint density at radius 3 is 2.88 bits per heavy atom. The molecule has 2 fully saturated rings. The maximum atomic E-state index is 3.84. The lowest BCUT2D eigenvalue weighted by atomic mass is 9.85. The van der Waals surface area contributed by atoms with Gasteiger partial charge in [-0.25, -0.2) is 0 Å². The van der Waals surface area contributed by atoms with Crippen molar-refractivity contribution in [2.45, 2.75) is 83.3 Å². The van der Waals surface area contributed by atoms with Crippen molar-refractivity contribution in [3.05, 3.63) is 0 Å². The molecule has 1 saturated carbocycles. The molecule has 2 nitrogen and oxygen atoms in total. The molecule has 17 heavy (non-hydrogen) atoms. The number of hydrogen-bond acceptors (Lipinski definition) is 2. The van der Waals surface area contributed by atoms with Crippen LogP contribution in [0.1, 0.15) is 65.2 Å². The third-order valence-electron chi connectivity index (χ3n) is 4.65. The molecule has 0 amide bonds. The smallest absolute Gasteiger partial charge is 0.0198 e. The Kier molecular flexibility index (Phi) is 5.30. The van der Waals surface area contributed by atoms with Crippen molar-refractivity contribution < 1.29 is 0 Å². The average molecular weight is 238 g/mol. The summed E-state index contributed by atoms with van der Waals surface area (Å²) in [5.41, 5.74) is 0. The Morgan fingerprint density at radius 1 is 1.29 bits per heavy atom. The van der Waals surface area contributed by atoms with E-state index in [9.17, 15) is 0 Å². The van der Waals surface area contributed by atoms with Gasteiger partial charge in [0.2, 0.25) is 0 Å². The van der Waals surface area contributed by atoms with Crippen molar-refractivity contribution in [3.8, 4) is 0 Å². The van der Waals surface area contributed by atoms with E-state index in [4.69, 9.17) is 0 Å². The van der Waals surface area contributed by atoms with Gasteiger partial charge in [-0.1, -0.05) is 32.6 Å². The fourth-order valence-corrected chi connectivity index (χ4v) is 3.54. The summed E-state index contributed by atoms with van der Waals surface area (Å²) in [4.78, 5) is 0. The molecule has 2 aliphatic rings. The normalized spacial score (nSPS) is 34.6. The van der Waals surface area contributed by atoms with Gasteiger partial charge in [0, 0.05) is 24.7 Å². The monoisotopic (exact) mass is 238 g/mol. The number of unbranched alkanes of at least 4 members (excludes halogenated alkanes) is 1. The van der Waals surface area contributed by atoms with Gasteiger partial charge in [-0.15, -0.1) is 0 Å². The highest BCUT2D eigenvalue weighted by atomic mass is 15.1. The molecule has 0 aromatic rings. The van der Waals surface area contributed by atoms with Gasteiger partial charge in [0.1, 0.15) is 0 Å². The first kappa shape index (κ1) is 13.4. The minimum absolute atomic E-state index is 0.694. The molecule has 4 atom stereocenters. The first-order valence-electron chi connectivity index (χ1n) is 7.79. The lowest BCUT2D eigenvalue weighted by Crippen LogP contribution is -2.41. The van der Waals surface area contributed by atoms with Crippen molar-refractivity contribution in [2.75, 3.05) is 6.54 Å². The Balaban J connectivity index is 1.63. The van der Waals surface area contributed by atoms with Crippen LogP contribution in [-0.2, 0) is 0 Å². The van der Waals surface area contributed by atoms with Crippen LogP contribution in [0.25, 0.3) is 0 Å². The Bertz CT molecular complexity index is 203. The molecule has 4 unspecified atom stereocenters. The molecule has 0 spiro atoms. The van der Waals surface area contributed by atoms with Gasteiger partial charge >= 0.3 is 0 Å². The number of nitrogens with one attached hydrogen (secondary N) is 2. The highest BCUT2D eigenvalue weighted by Crippen LogP contribution is 2.32. The first-order valence-corrected chi connectivity index (χ1v) is 7.79. The van der Waals surface area contributed by atoms with Crippen LogP contribution < -0.4 is 10.6 Å². The molecule has 0 bridgehead atoms. The summed E-state index contributed by atoms with van der Waals surface area (Å²) in [5.74, 6) is 0.987.